The third-order valence-corrected chi connectivity index (χ3v) is 10.4. The smallest absolute Gasteiger partial charge is 0.133 e. The van der Waals surface area contributed by atoms with Crippen molar-refractivity contribution in [3.05, 3.63) is 60.2 Å². The van der Waals surface area contributed by atoms with Gasteiger partial charge in [0.05, 0.1) is 0 Å². The van der Waals surface area contributed by atoms with Gasteiger partial charge in [0.2, 0.25) is 0 Å². The molecule has 1 aromatic carbocycles. The summed E-state index contributed by atoms with van der Waals surface area (Å²) in [5, 5.41) is 0. The minimum atomic E-state index is 0.279. The Morgan fingerprint density at radius 3 is 2.37 bits per heavy atom. The molecule has 1 aromatic rings. The van der Waals surface area contributed by atoms with E-state index < -0.39 is 0 Å². The summed E-state index contributed by atoms with van der Waals surface area (Å²) >= 11 is 0. The third-order valence-electron chi connectivity index (χ3n) is 10.4. The van der Waals surface area contributed by atoms with Gasteiger partial charge in [-0.15, -0.1) is 6.58 Å². The van der Waals surface area contributed by atoms with E-state index in [0.29, 0.717) is 17.1 Å². The quantitative estimate of drug-likeness (QED) is 0.395. The second kappa shape index (κ2) is 12.1. The lowest BCUT2D eigenvalue weighted by molar-refractivity contribution is -0.127. The summed E-state index contributed by atoms with van der Waals surface area (Å²) in [6.07, 6.45) is 17.5. The summed E-state index contributed by atoms with van der Waals surface area (Å²) in [5.41, 5.74) is 4.01. The molecule has 7 unspecified atom stereocenters. The molecule has 0 aromatic heterocycles. The van der Waals surface area contributed by atoms with Crippen molar-refractivity contribution in [1.82, 2.24) is 0 Å². The van der Waals surface area contributed by atoms with Gasteiger partial charge in [-0.1, -0.05) is 75.8 Å². The lowest BCUT2D eigenvalue weighted by Gasteiger charge is -2.58. The van der Waals surface area contributed by atoms with Crippen molar-refractivity contribution in [3.63, 3.8) is 0 Å². The van der Waals surface area contributed by atoms with Gasteiger partial charge in [0, 0.05) is 5.92 Å². The molecule has 0 heterocycles. The van der Waals surface area contributed by atoms with Crippen LogP contribution in [0.25, 0.3) is 0 Å². The number of hydrogen-bond donors (Lipinski definition) is 0. The van der Waals surface area contributed by atoms with Crippen LogP contribution in [-0.2, 0) is 11.2 Å². The number of ketones is 1. The molecule has 194 valence electrons. The van der Waals surface area contributed by atoms with Crippen LogP contribution in [0, 0.1) is 40.4 Å². The third kappa shape index (κ3) is 5.55. The Morgan fingerprint density at radius 2 is 1.71 bits per heavy atom. The highest BCUT2D eigenvalue weighted by molar-refractivity contribution is 5.79. The monoisotopic (exact) mass is 476 g/mol. The van der Waals surface area contributed by atoms with Crippen molar-refractivity contribution in [3.8, 4) is 0 Å². The molecule has 3 fully saturated rings. The number of allylic oxidation sites excluding steroid dienone is 3. The fourth-order valence-electron chi connectivity index (χ4n) is 8.67. The van der Waals surface area contributed by atoms with E-state index in [1.807, 2.05) is 27.7 Å². The van der Waals surface area contributed by atoms with E-state index in [9.17, 15) is 4.79 Å². The molecule has 4 aliphatic carbocycles. The Labute approximate surface area is 216 Å². The van der Waals surface area contributed by atoms with Crippen LogP contribution >= 0.6 is 0 Å². The summed E-state index contributed by atoms with van der Waals surface area (Å²) in [4.78, 5) is 12.3. The number of carbonyl (C=O) groups excluding carboxylic acids is 1. The largest absolute Gasteiger partial charge is 0.300 e. The first kappa shape index (κ1) is 27.9. The van der Waals surface area contributed by atoms with Gasteiger partial charge in [0.15, 0.2) is 0 Å². The first-order chi connectivity index (χ1) is 16.8. The standard InChI is InChI=1S/C29H40O.C3H6.C2H6/c1-20(30)25-13-14-26-24-12-11-23-19-22(10-9-21-7-5-4-6-8-21)15-17-28(23,2)27(24)16-18-29(25,26)3;1-3-2;1-2/h4-8,11,22,24-27H,9-10,12-19H2,1-3H3;3H,1H2,2H3;1-2H3. The molecule has 0 spiro atoms. The van der Waals surface area contributed by atoms with Crippen LogP contribution in [0.15, 0.2) is 54.6 Å². The Morgan fingerprint density at radius 1 is 1.03 bits per heavy atom. The Hall–Kier alpha value is -1.63. The minimum Gasteiger partial charge on any atom is -0.300 e. The number of aryl methyl sites for hydroxylation is 1. The summed E-state index contributed by atoms with van der Waals surface area (Å²) < 4.78 is 0. The number of hydrogen-bond acceptors (Lipinski definition) is 1. The van der Waals surface area contributed by atoms with Gasteiger partial charge < -0.3 is 0 Å². The van der Waals surface area contributed by atoms with Gasteiger partial charge in [0.1, 0.15) is 5.78 Å². The molecule has 0 bridgehead atoms. The average Bonchev–Trinajstić information content (AvgIpc) is 3.22. The van der Waals surface area contributed by atoms with Gasteiger partial charge in [-0.05, 0) is 118 Å². The van der Waals surface area contributed by atoms with Crippen molar-refractivity contribution in [2.45, 2.75) is 106 Å². The molecule has 7 atom stereocenters. The average molecular weight is 477 g/mol. The van der Waals surface area contributed by atoms with Crippen molar-refractivity contribution in [2.24, 2.45) is 40.4 Å². The lowest BCUT2D eigenvalue weighted by Crippen LogP contribution is -2.50. The molecule has 3 saturated carbocycles. The maximum atomic E-state index is 12.3. The Kier molecular flexibility index (Phi) is 9.64. The molecule has 0 aliphatic heterocycles. The predicted octanol–water partition coefficient (Wildman–Crippen LogP) is 9.62. The van der Waals surface area contributed by atoms with E-state index in [-0.39, 0.29) is 5.41 Å². The van der Waals surface area contributed by atoms with Crippen LogP contribution in [0.2, 0.25) is 0 Å². The van der Waals surface area contributed by atoms with Crippen LogP contribution in [0.1, 0.15) is 105 Å². The maximum absolute atomic E-state index is 12.3. The first-order valence-corrected chi connectivity index (χ1v) is 14.6. The van der Waals surface area contributed by atoms with Crippen LogP contribution in [-0.4, -0.2) is 5.78 Å². The van der Waals surface area contributed by atoms with Crippen molar-refractivity contribution < 1.29 is 4.79 Å². The van der Waals surface area contributed by atoms with Crippen LogP contribution in [0.3, 0.4) is 0 Å². The highest BCUT2D eigenvalue weighted by atomic mass is 16.1. The Balaban J connectivity index is 0.000000638. The molecule has 0 amide bonds. The van der Waals surface area contributed by atoms with E-state index in [0.717, 1.165) is 30.1 Å². The second-order valence-corrected chi connectivity index (χ2v) is 12.1. The Bertz CT molecular complexity index is 866. The molecular formula is C34H52O. The van der Waals surface area contributed by atoms with Crippen molar-refractivity contribution in [1.29, 1.82) is 0 Å². The molecule has 4 aliphatic rings. The van der Waals surface area contributed by atoms with Gasteiger partial charge in [-0.3, -0.25) is 4.79 Å². The van der Waals surface area contributed by atoms with Crippen molar-refractivity contribution in [2.75, 3.05) is 0 Å². The maximum Gasteiger partial charge on any atom is 0.133 e. The molecule has 1 nitrogen and oxygen atoms in total. The molecule has 35 heavy (non-hydrogen) atoms. The molecule has 0 saturated heterocycles. The van der Waals surface area contributed by atoms with Gasteiger partial charge in [-0.25, -0.2) is 0 Å². The number of benzene rings is 1. The van der Waals surface area contributed by atoms with E-state index in [1.165, 1.54) is 63.4 Å². The van der Waals surface area contributed by atoms with Crippen LogP contribution < -0.4 is 0 Å². The molecule has 1 heteroatoms. The fourth-order valence-corrected chi connectivity index (χ4v) is 8.67. The fraction of sp³-hybridized carbons (Fsp3) is 0.676. The highest BCUT2D eigenvalue weighted by Gasteiger charge is 2.59. The predicted molar refractivity (Wildman–Crippen MR) is 151 cm³/mol. The van der Waals surface area contributed by atoms with Crippen molar-refractivity contribution >= 4 is 5.78 Å². The first-order valence-electron chi connectivity index (χ1n) is 14.6. The van der Waals surface area contributed by atoms with E-state index in [1.54, 1.807) is 11.6 Å². The summed E-state index contributed by atoms with van der Waals surface area (Å²) in [6, 6.07) is 11.0. The second-order valence-electron chi connectivity index (χ2n) is 12.1. The zero-order valence-electron chi connectivity index (χ0n) is 23.6. The molecule has 0 N–H and O–H groups in total. The van der Waals surface area contributed by atoms with Crippen LogP contribution in [0.4, 0.5) is 0 Å². The normalized spacial score (nSPS) is 37.1. The number of Topliss-reactive ketones (excluding diaryl/α,β-unsaturated/α-hetero) is 1. The number of fused-ring (bicyclic) bond motifs is 5. The van der Waals surface area contributed by atoms with E-state index in [2.05, 4.69) is 56.8 Å². The minimum absolute atomic E-state index is 0.279. The zero-order chi connectivity index (χ0) is 25.6. The summed E-state index contributed by atoms with van der Waals surface area (Å²) in [6.45, 7) is 16.2. The lowest BCUT2D eigenvalue weighted by atomic mass is 9.47. The zero-order valence-corrected chi connectivity index (χ0v) is 23.6. The van der Waals surface area contributed by atoms with Gasteiger partial charge >= 0.3 is 0 Å². The van der Waals surface area contributed by atoms with Crippen LogP contribution in [0.5, 0.6) is 0 Å². The molecular weight excluding hydrogens is 424 g/mol. The van der Waals surface area contributed by atoms with Gasteiger partial charge in [-0.2, -0.15) is 0 Å². The summed E-state index contributed by atoms with van der Waals surface area (Å²) in [5.74, 6) is 4.10. The molecule has 0 radical (unpaired) electrons. The van der Waals surface area contributed by atoms with E-state index in [4.69, 9.17) is 0 Å². The number of rotatable bonds is 4. The van der Waals surface area contributed by atoms with E-state index >= 15 is 0 Å². The SMILES string of the molecule is C=CC.CC.CC(=O)C1CCC2C3CC=C4CC(CCc5ccccc5)CCC4(C)C3CCC12C. The van der Waals surface area contributed by atoms with Gasteiger partial charge in [0.25, 0.3) is 0 Å². The summed E-state index contributed by atoms with van der Waals surface area (Å²) in [7, 11) is 0. The number of carbonyl (C=O) groups is 1. The highest BCUT2D eigenvalue weighted by Crippen LogP contribution is 2.66. The molecule has 5 rings (SSSR count). The topological polar surface area (TPSA) is 17.1 Å².